The highest BCUT2D eigenvalue weighted by atomic mass is 16.5. The maximum absolute atomic E-state index is 12.7. The Hall–Kier alpha value is -1.97. The molecule has 0 N–H and O–H groups in total. The molecule has 1 heterocycles. The summed E-state index contributed by atoms with van der Waals surface area (Å²) in [5, 5.41) is 0.929. The van der Waals surface area contributed by atoms with Crippen molar-refractivity contribution < 1.29 is 13.9 Å². The van der Waals surface area contributed by atoms with Crippen molar-refractivity contribution in [2.75, 3.05) is 20.2 Å². The van der Waals surface area contributed by atoms with Crippen LogP contribution in [0.1, 0.15) is 36.9 Å². The van der Waals surface area contributed by atoms with Gasteiger partial charge in [0.1, 0.15) is 11.3 Å². The van der Waals surface area contributed by atoms with Gasteiger partial charge in [-0.3, -0.25) is 4.79 Å². The Kier molecular flexibility index (Phi) is 4.56. The number of ether oxygens (including phenoxy) is 1. The Balaban J connectivity index is 2.41. The molecule has 4 heteroatoms. The SMILES string of the molecule is CCN(CC(C)C)C(=O)c1oc2ccc(OC)cc2c1C. The van der Waals surface area contributed by atoms with E-state index in [-0.39, 0.29) is 5.91 Å². The lowest BCUT2D eigenvalue weighted by molar-refractivity contribution is 0.0715. The number of amides is 1. The summed E-state index contributed by atoms with van der Waals surface area (Å²) in [5.74, 6) is 1.58. The minimum atomic E-state index is -0.0427. The maximum atomic E-state index is 12.7. The lowest BCUT2D eigenvalue weighted by Crippen LogP contribution is -2.34. The van der Waals surface area contributed by atoms with Crippen molar-refractivity contribution in [3.63, 3.8) is 0 Å². The molecular formula is C17H23NO3. The van der Waals surface area contributed by atoms with Crippen LogP contribution in [0.4, 0.5) is 0 Å². The van der Waals surface area contributed by atoms with Crippen molar-refractivity contribution in [1.29, 1.82) is 0 Å². The van der Waals surface area contributed by atoms with E-state index in [1.807, 2.05) is 36.9 Å². The molecule has 114 valence electrons. The topological polar surface area (TPSA) is 42.7 Å². The maximum Gasteiger partial charge on any atom is 0.289 e. The average Bonchev–Trinajstić information content (AvgIpc) is 2.80. The third-order valence-corrected chi connectivity index (χ3v) is 3.59. The molecule has 1 aromatic heterocycles. The van der Waals surface area contributed by atoms with Gasteiger partial charge < -0.3 is 14.1 Å². The zero-order chi connectivity index (χ0) is 15.6. The van der Waals surface area contributed by atoms with Gasteiger partial charge in [0, 0.05) is 24.0 Å². The molecule has 0 aliphatic heterocycles. The van der Waals surface area contributed by atoms with Crippen LogP contribution in [0.2, 0.25) is 0 Å². The Morgan fingerprint density at radius 3 is 2.67 bits per heavy atom. The van der Waals surface area contributed by atoms with E-state index in [9.17, 15) is 4.79 Å². The number of hydrogen-bond acceptors (Lipinski definition) is 3. The highest BCUT2D eigenvalue weighted by molar-refractivity contribution is 5.99. The summed E-state index contributed by atoms with van der Waals surface area (Å²) >= 11 is 0. The van der Waals surface area contributed by atoms with E-state index in [1.165, 1.54) is 0 Å². The second-order valence-electron chi connectivity index (χ2n) is 5.66. The van der Waals surface area contributed by atoms with Gasteiger partial charge in [0.15, 0.2) is 5.76 Å². The highest BCUT2D eigenvalue weighted by Crippen LogP contribution is 2.29. The molecule has 4 nitrogen and oxygen atoms in total. The molecule has 0 saturated heterocycles. The number of hydrogen-bond donors (Lipinski definition) is 0. The number of carbonyl (C=O) groups excluding carboxylic acids is 1. The molecule has 0 fully saturated rings. The van der Waals surface area contributed by atoms with E-state index in [0.29, 0.717) is 18.2 Å². The lowest BCUT2D eigenvalue weighted by atomic mass is 10.1. The molecule has 0 radical (unpaired) electrons. The first kappa shape index (κ1) is 15.4. The monoisotopic (exact) mass is 289 g/mol. The molecule has 0 aliphatic carbocycles. The fourth-order valence-electron chi connectivity index (χ4n) is 2.47. The number of carbonyl (C=O) groups is 1. The highest BCUT2D eigenvalue weighted by Gasteiger charge is 2.23. The van der Waals surface area contributed by atoms with Crippen LogP contribution >= 0.6 is 0 Å². The van der Waals surface area contributed by atoms with Crippen LogP contribution in [0, 0.1) is 12.8 Å². The van der Waals surface area contributed by atoms with Crippen LogP contribution in [0.3, 0.4) is 0 Å². The predicted octanol–water partition coefficient (Wildman–Crippen LogP) is 3.87. The average molecular weight is 289 g/mol. The van der Waals surface area contributed by atoms with Gasteiger partial charge in [0.25, 0.3) is 5.91 Å². The predicted molar refractivity (Wildman–Crippen MR) is 83.9 cm³/mol. The van der Waals surface area contributed by atoms with Crippen molar-refractivity contribution in [2.45, 2.75) is 27.7 Å². The van der Waals surface area contributed by atoms with Gasteiger partial charge >= 0.3 is 0 Å². The van der Waals surface area contributed by atoms with Gasteiger partial charge in [-0.15, -0.1) is 0 Å². The molecule has 0 saturated carbocycles. The zero-order valence-electron chi connectivity index (χ0n) is 13.4. The summed E-state index contributed by atoms with van der Waals surface area (Å²) in [6, 6.07) is 5.59. The van der Waals surface area contributed by atoms with E-state index < -0.39 is 0 Å². The van der Waals surface area contributed by atoms with E-state index in [2.05, 4.69) is 13.8 Å². The van der Waals surface area contributed by atoms with Crippen LogP contribution in [-0.4, -0.2) is 31.0 Å². The second-order valence-corrected chi connectivity index (χ2v) is 5.66. The van der Waals surface area contributed by atoms with E-state index >= 15 is 0 Å². The summed E-state index contributed by atoms with van der Waals surface area (Å²) < 4.78 is 11.0. The van der Waals surface area contributed by atoms with Crippen molar-refractivity contribution in [1.82, 2.24) is 4.90 Å². The third kappa shape index (κ3) is 3.04. The van der Waals surface area contributed by atoms with Crippen LogP contribution in [0.5, 0.6) is 5.75 Å². The van der Waals surface area contributed by atoms with Crippen molar-refractivity contribution >= 4 is 16.9 Å². The molecule has 21 heavy (non-hydrogen) atoms. The molecule has 0 aliphatic rings. The molecule has 0 bridgehead atoms. The first-order valence-electron chi connectivity index (χ1n) is 7.34. The Bertz CT molecular complexity index is 643. The second kappa shape index (κ2) is 6.20. The summed E-state index contributed by atoms with van der Waals surface area (Å²) in [5.41, 5.74) is 1.59. The Labute approximate surface area is 125 Å². The molecule has 0 atom stereocenters. The molecule has 0 unspecified atom stereocenters. The first-order chi connectivity index (χ1) is 9.97. The molecule has 0 spiro atoms. The fourth-order valence-corrected chi connectivity index (χ4v) is 2.47. The van der Waals surface area contributed by atoms with Crippen LogP contribution < -0.4 is 4.74 Å². The summed E-state index contributed by atoms with van der Waals surface area (Å²) in [6.45, 7) is 9.52. The van der Waals surface area contributed by atoms with Gasteiger partial charge in [-0.25, -0.2) is 0 Å². The number of benzene rings is 1. The number of fused-ring (bicyclic) bond motifs is 1. The van der Waals surface area contributed by atoms with E-state index in [1.54, 1.807) is 7.11 Å². The molecule has 1 amide bonds. The van der Waals surface area contributed by atoms with Gasteiger partial charge in [-0.2, -0.15) is 0 Å². The zero-order valence-corrected chi connectivity index (χ0v) is 13.4. The quantitative estimate of drug-likeness (QED) is 0.839. The normalized spacial score (nSPS) is 11.1. The van der Waals surface area contributed by atoms with Gasteiger partial charge in [-0.05, 0) is 38.0 Å². The van der Waals surface area contributed by atoms with Crippen molar-refractivity contribution in [3.05, 3.63) is 29.5 Å². The van der Waals surface area contributed by atoms with Crippen LogP contribution in [0.25, 0.3) is 11.0 Å². The summed E-state index contributed by atoms with van der Waals surface area (Å²) in [6.07, 6.45) is 0. The Morgan fingerprint density at radius 1 is 1.38 bits per heavy atom. The molecule has 2 rings (SSSR count). The smallest absolute Gasteiger partial charge is 0.289 e. The van der Waals surface area contributed by atoms with Gasteiger partial charge in [0.2, 0.25) is 0 Å². The van der Waals surface area contributed by atoms with Gasteiger partial charge in [0.05, 0.1) is 7.11 Å². The summed E-state index contributed by atoms with van der Waals surface area (Å²) in [4.78, 5) is 14.5. The minimum Gasteiger partial charge on any atom is -0.497 e. The standard InChI is InChI=1S/C17H23NO3/c1-6-18(10-11(2)3)17(19)16-12(4)14-9-13(20-5)7-8-15(14)21-16/h7-9,11H,6,10H2,1-5H3. The van der Waals surface area contributed by atoms with Gasteiger partial charge in [-0.1, -0.05) is 13.8 Å². The number of nitrogens with zero attached hydrogens (tertiary/aromatic N) is 1. The molecule has 1 aromatic carbocycles. The van der Waals surface area contributed by atoms with Crippen molar-refractivity contribution in [2.24, 2.45) is 5.92 Å². The Morgan fingerprint density at radius 2 is 2.10 bits per heavy atom. The van der Waals surface area contributed by atoms with E-state index in [4.69, 9.17) is 9.15 Å². The van der Waals surface area contributed by atoms with Crippen LogP contribution in [0.15, 0.2) is 22.6 Å². The number of aryl methyl sites for hydroxylation is 1. The van der Waals surface area contributed by atoms with Crippen LogP contribution in [-0.2, 0) is 0 Å². The minimum absolute atomic E-state index is 0.0427. The third-order valence-electron chi connectivity index (χ3n) is 3.59. The first-order valence-corrected chi connectivity index (χ1v) is 7.34. The van der Waals surface area contributed by atoms with Crippen molar-refractivity contribution in [3.8, 4) is 5.75 Å². The number of rotatable bonds is 5. The summed E-state index contributed by atoms with van der Waals surface area (Å²) in [7, 11) is 1.63. The largest absolute Gasteiger partial charge is 0.497 e. The molecule has 2 aromatic rings. The number of furan rings is 1. The fraction of sp³-hybridized carbons (Fsp3) is 0.471. The van der Waals surface area contributed by atoms with E-state index in [0.717, 1.165) is 28.8 Å². The number of methoxy groups -OCH3 is 1. The molecular weight excluding hydrogens is 266 g/mol. The lowest BCUT2D eigenvalue weighted by Gasteiger charge is -2.22.